The van der Waals surface area contributed by atoms with Gasteiger partial charge in [-0.3, -0.25) is 9.59 Å². The molecule has 18 atom stereocenters. The molecule has 13 nitrogen and oxygen atoms in total. The number of hydrogen-bond acceptors (Lipinski definition) is 12. The molecule has 0 saturated carbocycles. The number of rotatable bonds is 15. The van der Waals surface area contributed by atoms with Crippen molar-refractivity contribution in [3.8, 4) is 12.3 Å². The number of hydrogen-bond donors (Lipinski definition) is 3. The predicted molar refractivity (Wildman–Crippen MR) is 229 cm³/mol. The molecule has 0 unspecified atom stereocenters. The Morgan fingerprint density at radius 3 is 2.26 bits per heavy atom. The van der Waals surface area contributed by atoms with Crippen molar-refractivity contribution in [3.63, 3.8) is 0 Å². The van der Waals surface area contributed by atoms with Crippen LogP contribution in [0.15, 0.2) is 12.2 Å². The highest BCUT2D eigenvalue weighted by molar-refractivity contribution is 5.84. The van der Waals surface area contributed by atoms with E-state index in [4.69, 9.17) is 39.6 Å². The van der Waals surface area contributed by atoms with Crippen molar-refractivity contribution in [2.75, 3.05) is 13.2 Å². The van der Waals surface area contributed by atoms with Gasteiger partial charge >= 0.3 is 6.16 Å². The molecule has 13 heteroatoms. The van der Waals surface area contributed by atoms with Crippen LogP contribution in [-0.4, -0.2) is 107 Å². The summed E-state index contributed by atoms with van der Waals surface area (Å²) in [6.45, 7) is 21.7. The lowest BCUT2D eigenvalue weighted by molar-refractivity contribution is -0.408. The molecular formula is C48H77NO12. The minimum atomic E-state index is -1.46. The number of aliphatic hydroxyl groups excluding tert-OH is 1. The number of Topliss-reactive ketones (excluding diaryl/α,β-unsaturated/α-hetero) is 1. The highest BCUT2D eigenvalue weighted by atomic mass is 16.8. The summed E-state index contributed by atoms with van der Waals surface area (Å²) in [7, 11) is 0. The molecule has 5 aliphatic heterocycles. The number of carbonyl (C=O) groups excluding carboxylic acids is 3. The van der Waals surface area contributed by atoms with E-state index >= 15 is 0 Å². The van der Waals surface area contributed by atoms with Gasteiger partial charge in [0, 0.05) is 30.1 Å². The van der Waals surface area contributed by atoms with Crippen LogP contribution in [0.25, 0.3) is 0 Å². The Kier molecular flexibility index (Phi) is 16.3. The first-order valence-corrected chi connectivity index (χ1v) is 23.3. The summed E-state index contributed by atoms with van der Waals surface area (Å²) in [6.07, 6.45) is 10.1. The maximum absolute atomic E-state index is 14.7. The molecule has 5 heterocycles. The van der Waals surface area contributed by atoms with Crippen molar-refractivity contribution < 1.29 is 57.8 Å². The Morgan fingerprint density at radius 2 is 1.64 bits per heavy atom. The van der Waals surface area contributed by atoms with Crippen molar-refractivity contribution in [2.45, 2.75) is 206 Å². The van der Waals surface area contributed by atoms with Gasteiger partial charge in [0.2, 0.25) is 11.7 Å². The molecule has 4 saturated heterocycles. The second kappa shape index (κ2) is 20.1. The fourth-order valence-corrected chi connectivity index (χ4v) is 11.2. The second-order valence-electron chi connectivity index (χ2n) is 19.3. The topological polar surface area (TPSA) is 168 Å². The zero-order valence-corrected chi connectivity index (χ0v) is 38.8. The first-order valence-electron chi connectivity index (χ1n) is 23.3. The maximum atomic E-state index is 14.7. The van der Waals surface area contributed by atoms with Gasteiger partial charge in [0.05, 0.1) is 66.9 Å². The van der Waals surface area contributed by atoms with E-state index in [0.717, 1.165) is 12.8 Å². The largest absolute Gasteiger partial charge is 0.509 e. The van der Waals surface area contributed by atoms with Crippen LogP contribution in [0.1, 0.15) is 140 Å². The quantitative estimate of drug-likeness (QED) is 0.0875. The fourth-order valence-electron chi connectivity index (χ4n) is 11.2. The van der Waals surface area contributed by atoms with E-state index in [1.165, 1.54) is 0 Å². The summed E-state index contributed by atoms with van der Waals surface area (Å²) < 4.78 is 45.4. The molecule has 346 valence electrons. The molecule has 5 aliphatic rings. The van der Waals surface area contributed by atoms with Gasteiger partial charge in [-0.05, 0) is 103 Å². The predicted octanol–water partition coefficient (Wildman–Crippen LogP) is 7.03. The lowest BCUT2D eigenvalue weighted by Crippen LogP contribution is -2.63. The zero-order valence-electron chi connectivity index (χ0n) is 38.8. The van der Waals surface area contributed by atoms with Crippen LogP contribution in [-0.2, 0) is 42.7 Å². The minimum absolute atomic E-state index is 0.0315. The first-order chi connectivity index (χ1) is 28.8. The van der Waals surface area contributed by atoms with Gasteiger partial charge in [-0.1, -0.05) is 61.3 Å². The van der Waals surface area contributed by atoms with E-state index in [1.807, 2.05) is 41.5 Å². The van der Waals surface area contributed by atoms with Crippen LogP contribution >= 0.6 is 0 Å². The summed E-state index contributed by atoms with van der Waals surface area (Å²) in [5, 5.41) is 25.9. The molecule has 0 aromatic heterocycles. The van der Waals surface area contributed by atoms with Crippen LogP contribution in [0.2, 0.25) is 0 Å². The SMILES string of the molecule is C#CCNC(=O)[C@H](CC)[C@H]1CC[C@H](C)[C@H]([C@@H](C)[C@H](O)[C@H](C)C(=O)[C@H](CC)[C@H]2O[C@]3(C=C[C@@H](OC(=O)OCC)[C@]4(CC[C@@](C)([C@H]5CC[C@](O)(CC)[C@H](C)O5)O4)O3)[C@H](C)C[C@@H]2C)O1. The van der Waals surface area contributed by atoms with Crippen molar-refractivity contribution >= 4 is 17.8 Å². The molecule has 0 bridgehead atoms. The summed E-state index contributed by atoms with van der Waals surface area (Å²) in [4.78, 5) is 40.5. The monoisotopic (exact) mass is 860 g/mol. The molecule has 1 amide bonds. The van der Waals surface area contributed by atoms with Gasteiger partial charge in [0.15, 0.2) is 11.9 Å². The Balaban J connectivity index is 1.36. The smallest absolute Gasteiger partial charge is 0.435 e. The zero-order chi connectivity index (χ0) is 45.1. The Labute approximate surface area is 365 Å². The molecule has 0 aromatic carbocycles. The van der Waals surface area contributed by atoms with Crippen LogP contribution in [0.3, 0.4) is 0 Å². The molecule has 0 aromatic rings. The van der Waals surface area contributed by atoms with Crippen LogP contribution in [0.5, 0.6) is 0 Å². The fraction of sp³-hybridized carbons (Fsp3) is 0.854. The van der Waals surface area contributed by atoms with Gasteiger partial charge < -0.3 is 48.7 Å². The van der Waals surface area contributed by atoms with Gasteiger partial charge in [-0.2, -0.15) is 0 Å². The lowest BCUT2D eigenvalue weighted by atomic mass is 9.72. The Hall–Kier alpha value is -2.57. The standard InChI is InChI=1S/C48H77NO12/c1-13-26-49-43(52)34(14-2)36-19-18-28(6)41(57-36)32(10)39(50)31(9)40(51)35(15-3)42-29(7)27-30(8)47(59-42)23-21-38(58-44(53)55-17-5)48(61-47)25-24-45(12,60-48)37-20-22-46(54,16-4)33(11)56-37/h1,21,23,28-39,41-42,50,54H,14-20,22,24-27H2,2-12H3,(H,49,52)/t28-,29-,30+,31-,32-,33-,34+,35-,36+,37+,38+,39+,41+,42-,45-,46+,47-,48-/m0/s1. The van der Waals surface area contributed by atoms with E-state index < -0.39 is 71.1 Å². The van der Waals surface area contributed by atoms with Crippen molar-refractivity contribution in [1.29, 1.82) is 0 Å². The molecular weight excluding hydrogens is 783 g/mol. The second-order valence-corrected chi connectivity index (χ2v) is 19.3. The molecule has 5 rings (SSSR count). The molecule has 3 N–H and O–H groups in total. The number of ether oxygens (including phenoxy) is 7. The maximum Gasteiger partial charge on any atom is 0.509 e. The summed E-state index contributed by atoms with van der Waals surface area (Å²) in [6, 6.07) is 0. The summed E-state index contributed by atoms with van der Waals surface area (Å²) in [5.41, 5.74) is -1.76. The normalized spacial score (nSPS) is 41.3. The number of carbonyl (C=O) groups is 3. The third-order valence-corrected chi connectivity index (χ3v) is 15.3. The van der Waals surface area contributed by atoms with Gasteiger partial charge in [0.25, 0.3) is 0 Å². The minimum Gasteiger partial charge on any atom is -0.435 e. The number of nitrogens with one attached hydrogen (secondary N) is 1. The number of aliphatic hydroxyl groups is 2. The average Bonchev–Trinajstić information content (AvgIpc) is 3.58. The van der Waals surface area contributed by atoms with E-state index in [0.29, 0.717) is 51.4 Å². The van der Waals surface area contributed by atoms with Crippen molar-refractivity contribution in [1.82, 2.24) is 5.32 Å². The van der Waals surface area contributed by atoms with Crippen molar-refractivity contribution in [3.05, 3.63) is 12.2 Å². The number of terminal acetylenes is 1. The molecule has 2 spiro atoms. The van der Waals surface area contributed by atoms with E-state index in [2.05, 4.69) is 32.0 Å². The number of amides is 1. The van der Waals surface area contributed by atoms with Crippen LogP contribution in [0, 0.1) is 53.8 Å². The van der Waals surface area contributed by atoms with Crippen molar-refractivity contribution in [2.24, 2.45) is 41.4 Å². The van der Waals surface area contributed by atoms with Crippen LogP contribution in [0.4, 0.5) is 4.79 Å². The van der Waals surface area contributed by atoms with E-state index in [1.54, 1.807) is 26.0 Å². The highest BCUT2D eigenvalue weighted by Crippen LogP contribution is 2.54. The molecule has 0 radical (unpaired) electrons. The lowest BCUT2D eigenvalue weighted by Gasteiger charge is -2.54. The summed E-state index contributed by atoms with van der Waals surface area (Å²) >= 11 is 0. The van der Waals surface area contributed by atoms with E-state index in [9.17, 15) is 24.6 Å². The van der Waals surface area contributed by atoms with Gasteiger partial charge in [-0.25, -0.2) is 4.79 Å². The van der Waals surface area contributed by atoms with E-state index in [-0.39, 0.29) is 66.8 Å². The summed E-state index contributed by atoms with van der Waals surface area (Å²) in [5.74, 6) is -2.70. The number of ketones is 1. The highest BCUT2D eigenvalue weighted by Gasteiger charge is 2.64. The third kappa shape index (κ3) is 10.1. The van der Waals surface area contributed by atoms with Gasteiger partial charge in [-0.15, -0.1) is 6.42 Å². The Morgan fingerprint density at radius 1 is 0.934 bits per heavy atom. The van der Waals surface area contributed by atoms with Crippen LogP contribution < -0.4 is 5.32 Å². The van der Waals surface area contributed by atoms with Gasteiger partial charge in [0.1, 0.15) is 5.78 Å². The first kappa shape index (κ1) is 49.4. The molecule has 4 fully saturated rings. The molecule has 0 aliphatic carbocycles. The molecule has 61 heavy (non-hydrogen) atoms. The Bertz CT molecular complexity index is 1600. The average molecular weight is 860 g/mol. The third-order valence-electron chi connectivity index (χ3n) is 15.3.